The standard InChI is InChI=1S/C16H26N2O/c1-12-6-5-8-16(10-12,19-4)15(17-3)14-11-18-9-7-13(14)2/h7,9,11-12,15,17H,5-6,8,10H2,1-4H3. The molecule has 3 atom stereocenters. The van der Waals surface area contributed by atoms with Gasteiger partial charge >= 0.3 is 0 Å². The van der Waals surface area contributed by atoms with E-state index in [0.717, 1.165) is 18.8 Å². The number of nitrogens with zero attached hydrogens (tertiary/aromatic N) is 1. The fraction of sp³-hybridized carbons (Fsp3) is 0.688. The molecule has 0 amide bonds. The summed E-state index contributed by atoms with van der Waals surface area (Å²) in [6.45, 7) is 4.48. The number of nitrogens with one attached hydrogen (secondary N) is 1. The summed E-state index contributed by atoms with van der Waals surface area (Å²) in [4.78, 5) is 4.30. The Labute approximate surface area is 116 Å². The Balaban J connectivity index is 2.36. The van der Waals surface area contributed by atoms with Crippen molar-refractivity contribution in [2.24, 2.45) is 5.92 Å². The van der Waals surface area contributed by atoms with Crippen LogP contribution >= 0.6 is 0 Å². The zero-order chi connectivity index (χ0) is 13.9. The van der Waals surface area contributed by atoms with E-state index in [1.807, 2.05) is 26.6 Å². The van der Waals surface area contributed by atoms with Gasteiger partial charge in [0.25, 0.3) is 0 Å². The molecule has 0 saturated heterocycles. The van der Waals surface area contributed by atoms with Crippen molar-refractivity contribution in [1.29, 1.82) is 0 Å². The van der Waals surface area contributed by atoms with Crippen molar-refractivity contribution in [2.45, 2.75) is 51.2 Å². The van der Waals surface area contributed by atoms with Crippen molar-refractivity contribution >= 4 is 0 Å². The Morgan fingerprint density at radius 2 is 2.32 bits per heavy atom. The number of likely N-dealkylation sites (N-methyl/N-ethyl adjacent to an activating group) is 1. The fourth-order valence-electron chi connectivity index (χ4n) is 3.59. The highest BCUT2D eigenvalue weighted by atomic mass is 16.5. The fourth-order valence-corrected chi connectivity index (χ4v) is 3.59. The quantitative estimate of drug-likeness (QED) is 0.904. The monoisotopic (exact) mass is 262 g/mol. The summed E-state index contributed by atoms with van der Waals surface area (Å²) in [6.07, 6.45) is 8.63. The normalized spacial score (nSPS) is 29.2. The largest absolute Gasteiger partial charge is 0.376 e. The first-order valence-electron chi connectivity index (χ1n) is 7.26. The van der Waals surface area contributed by atoms with Crippen molar-refractivity contribution in [3.05, 3.63) is 29.6 Å². The van der Waals surface area contributed by atoms with Gasteiger partial charge in [0.2, 0.25) is 0 Å². The summed E-state index contributed by atoms with van der Waals surface area (Å²) in [5, 5.41) is 3.48. The number of aryl methyl sites for hydroxylation is 1. The second kappa shape index (κ2) is 6.02. The van der Waals surface area contributed by atoms with Gasteiger partial charge in [-0.2, -0.15) is 0 Å². The lowest BCUT2D eigenvalue weighted by Crippen LogP contribution is -2.47. The van der Waals surface area contributed by atoms with Crippen molar-refractivity contribution in [2.75, 3.05) is 14.2 Å². The van der Waals surface area contributed by atoms with Gasteiger partial charge in [0.15, 0.2) is 0 Å². The van der Waals surface area contributed by atoms with Crippen LogP contribution in [-0.2, 0) is 4.74 Å². The molecule has 3 nitrogen and oxygen atoms in total. The van der Waals surface area contributed by atoms with Crippen molar-refractivity contribution < 1.29 is 4.74 Å². The third kappa shape index (κ3) is 2.82. The van der Waals surface area contributed by atoms with Crippen LogP contribution in [0, 0.1) is 12.8 Å². The van der Waals surface area contributed by atoms with Crippen LogP contribution in [0.25, 0.3) is 0 Å². The van der Waals surface area contributed by atoms with Crippen LogP contribution in [0.3, 0.4) is 0 Å². The van der Waals surface area contributed by atoms with Gasteiger partial charge < -0.3 is 10.1 Å². The smallest absolute Gasteiger partial charge is 0.0875 e. The minimum atomic E-state index is -0.0970. The molecule has 1 N–H and O–H groups in total. The summed E-state index contributed by atoms with van der Waals surface area (Å²) in [5.41, 5.74) is 2.45. The van der Waals surface area contributed by atoms with Crippen molar-refractivity contribution in [3.63, 3.8) is 0 Å². The Morgan fingerprint density at radius 3 is 2.89 bits per heavy atom. The summed E-state index contributed by atoms with van der Waals surface area (Å²) < 4.78 is 6.02. The second-order valence-electron chi connectivity index (χ2n) is 5.92. The Morgan fingerprint density at radius 1 is 1.53 bits per heavy atom. The Hall–Kier alpha value is -0.930. The van der Waals surface area contributed by atoms with Gasteiger partial charge in [-0.1, -0.05) is 19.8 Å². The van der Waals surface area contributed by atoms with Gasteiger partial charge in [-0.05, 0) is 49.9 Å². The molecule has 3 heteroatoms. The van der Waals surface area contributed by atoms with Gasteiger partial charge in [-0.25, -0.2) is 0 Å². The molecule has 1 heterocycles. The lowest BCUT2D eigenvalue weighted by Gasteiger charge is -2.45. The van der Waals surface area contributed by atoms with Gasteiger partial charge in [0.1, 0.15) is 0 Å². The van der Waals surface area contributed by atoms with Crippen LogP contribution in [0.5, 0.6) is 0 Å². The van der Waals surface area contributed by atoms with Crippen LogP contribution in [0.15, 0.2) is 18.5 Å². The molecule has 2 rings (SSSR count). The number of hydrogen-bond donors (Lipinski definition) is 1. The molecule has 0 aliphatic heterocycles. The Bertz CT molecular complexity index is 421. The van der Waals surface area contributed by atoms with E-state index in [1.165, 1.54) is 24.0 Å². The van der Waals surface area contributed by atoms with Gasteiger partial charge in [-0.15, -0.1) is 0 Å². The zero-order valence-corrected chi connectivity index (χ0v) is 12.6. The summed E-state index contributed by atoms with van der Waals surface area (Å²) in [7, 11) is 3.88. The number of aromatic nitrogens is 1. The molecule has 0 spiro atoms. The maximum absolute atomic E-state index is 6.02. The molecule has 1 aromatic rings. The molecule has 0 radical (unpaired) electrons. The zero-order valence-electron chi connectivity index (χ0n) is 12.6. The van der Waals surface area contributed by atoms with E-state index >= 15 is 0 Å². The molecular formula is C16H26N2O. The maximum atomic E-state index is 6.02. The summed E-state index contributed by atoms with van der Waals surface area (Å²) in [6, 6.07) is 2.30. The Kier molecular flexibility index (Phi) is 4.58. The first-order chi connectivity index (χ1) is 9.13. The van der Waals surface area contributed by atoms with E-state index in [0.29, 0.717) is 0 Å². The van der Waals surface area contributed by atoms with Gasteiger partial charge in [-0.3, -0.25) is 4.98 Å². The summed E-state index contributed by atoms with van der Waals surface area (Å²) >= 11 is 0. The van der Waals surface area contributed by atoms with Crippen LogP contribution in [0.2, 0.25) is 0 Å². The molecule has 1 aliphatic rings. The van der Waals surface area contributed by atoms with E-state index in [1.54, 1.807) is 0 Å². The molecule has 1 aromatic heterocycles. The number of hydrogen-bond acceptors (Lipinski definition) is 3. The third-order valence-corrected chi connectivity index (χ3v) is 4.60. The average Bonchev–Trinajstić information content (AvgIpc) is 2.42. The molecule has 1 saturated carbocycles. The lowest BCUT2D eigenvalue weighted by molar-refractivity contribution is -0.0792. The number of methoxy groups -OCH3 is 1. The van der Waals surface area contributed by atoms with Crippen LogP contribution in [-0.4, -0.2) is 24.7 Å². The van der Waals surface area contributed by atoms with E-state index in [2.05, 4.69) is 30.2 Å². The first kappa shape index (κ1) is 14.5. The number of pyridine rings is 1. The topological polar surface area (TPSA) is 34.2 Å². The molecule has 1 fully saturated rings. The molecule has 1 aliphatic carbocycles. The SMILES string of the molecule is CNC(c1cnccc1C)C1(OC)CCCC(C)C1. The van der Waals surface area contributed by atoms with Gasteiger partial charge in [0, 0.05) is 19.5 Å². The highest BCUT2D eigenvalue weighted by Gasteiger charge is 2.42. The maximum Gasteiger partial charge on any atom is 0.0875 e. The predicted octanol–water partition coefficient (Wildman–Crippen LogP) is 3.25. The van der Waals surface area contributed by atoms with E-state index < -0.39 is 0 Å². The van der Waals surface area contributed by atoms with Crippen LogP contribution in [0.4, 0.5) is 0 Å². The second-order valence-corrected chi connectivity index (χ2v) is 5.92. The highest BCUT2D eigenvalue weighted by molar-refractivity contribution is 5.28. The van der Waals surface area contributed by atoms with E-state index in [9.17, 15) is 0 Å². The van der Waals surface area contributed by atoms with Crippen LogP contribution < -0.4 is 5.32 Å². The first-order valence-corrected chi connectivity index (χ1v) is 7.26. The average molecular weight is 262 g/mol. The molecule has 19 heavy (non-hydrogen) atoms. The molecule has 0 aromatic carbocycles. The number of ether oxygens (including phenoxy) is 1. The third-order valence-electron chi connectivity index (χ3n) is 4.60. The minimum absolute atomic E-state index is 0.0970. The lowest BCUT2D eigenvalue weighted by atomic mass is 9.72. The van der Waals surface area contributed by atoms with Crippen LogP contribution in [0.1, 0.15) is 49.8 Å². The molecular weight excluding hydrogens is 236 g/mol. The molecule has 3 unspecified atom stereocenters. The molecule has 0 bridgehead atoms. The van der Waals surface area contributed by atoms with Crippen molar-refractivity contribution in [1.82, 2.24) is 10.3 Å². The summed E-state index contributed by atoms with van der Waals surface area (Å²) in [5.74, 6) is 0.724. The highest BCUT2D eigenvalue weighted by Crippen LogP contribution is 2.43. The van der Waals surface area contributed by atoms with E-state index in [4.69, 9.17) is 4.74 Å². The van der Waals surface area contributed by atoms with E-state index in [-0.39, 0.29) is 11.6 Å². The molecule has 106 valence electrons. The van der Waals surface area contributed by atoms with Crippen molar-refractivity contribution in [3.8, 4) is 0 Å². The van der Waals surface area contributed by atoms with Gasteiger partial charge in [0.05, 0.1) is 11.6 Å². The minimum Gasteiger partial charge on any atom is -0.376 e. The number of rotatable bonds is 4. The predicted molar refractivity (Wildman–Crippen MR) is 78.1 cm³/mol.